The number of benzene rings is 2. The molecule has 0 radical (unpaired) electrons. The second-order valence-corrected chi connectivity index (χ2v) is 11.0. The number of rotatable bonds is 9. The number of amides is 2. The number of nitrogens with zero attached hydrogens (tertiary/aromatic N) is 6. The first-order chi connectivity index (χ1) is 22.1. The normalized spacial score (nSPS) is 16.4. The number of hydrogen-bond acceptors (Lipinski definition) is 5. The fourth-order valence-electron chi connectivity index (χ4n) is 5.12. The van der Waals surface area contributed by atoms with E-state index in [2.05, 4.69) is 19.9 Å². The van der Waals surface area contributed by atoms with Gasteiger partial charge in [0, 0.05) is 83.6 Å². The molecule has 0 atom stereocenters. The molecule has 2 heterocycles. The molecule has 248 valence electrons. The highest BCUT2D eigenvalue weighted by atomic mass is 19.1. The summed E-state index contributed by atoms with van der Waals surface area (Å²) >= 11 is 0. The van der Waals surface area contributed by atoms with E-state index in [4.69, 9.17) is 4.74 Å². The molecule has 46 heavy (non-hydrogen) atoms. The van der Waals surface area contributed by atoms with Gasteiger partial charge in [0.15, 0.2) is 5.84 Å². The number of amidine groups is 2. The highest BCUT2D eigenvalue weighted by Crippen LogP contribution is 2.12. The van der Waals surface area contributed by atoms with Gasteiger partial charge in [-0.2, -0.15) is 0 Å². The number of aliphatic imine (C=N–C) groups is 3. The first kappa shape index (κ1) is 36.1. The lowest BCUT2D eigenvalue weighted by Crippen LogP contribution is -2.50. The van der Waals surface area contributed by atoms with Crippen molar-refractivity contribution in [1.29, 1.82) is 0 Å². The lowest BCUT2D eigenvalue weighted by atomic mass is 10.1. The molecule has 9 nitrogen and oxygen atoms in total. The Morgan fingerprint density at radius 2 is 1.46 bits per heavy atom. The predicted molar refractivity (Wildman–Crippen MR) is 179 cm³/mol. The number of hydrogen-bond donors (Lipinski definition) is 0. The summed E-state index contributed by atoms with van der Waals surface area (Å²) in [5.74, 6) is 2.11. The van der Waals surface area contributed by atoms with Gasteiger partial charge in [0.25, 0.3) is 0 Å². The van der Waals surface area contributed by atoms with Crippen LogP contribution in [-0.4, -0.2) is 104 Å². The topological polar surface area (TPSA) is 90.2 Å². The van der Waals surface area contributed by atoms with Crippen molar-refractivity contribution < 1.29 is 23.1 Å². The van der Waals surface area contributed by atoms with Crippen LogP contribution in [0.25, 0.3) is 0 Å². The van der Waals surface area contributed by atoms with Gasteiger partial charge in [-0.25, -0.2) is 13.8 Å². The SMILES string of the molecule is CCC(=O)N1CCN(C(/C=C(\C)OCCCN2CCCC2=O)=NC)CC1.CN=C(N=C(C)c1ccc(F)cc1)c1ccc(F)cc1. The number of carbonyl (C=O) groups is 2. The minimum Gasteiger partial charge on any atom is -0.498 e. The van der Waals surface area contributed by atoms with Crippen LogP contribution in [-0.2, 0) is 14.3 Å². The van der Waals surface area contributed by atoms with Crippen LogP contribution in [0, 0.1) is 11.6 Å². The van der Waals surface area contributed by atoms with E-state index in [-0.39, 0.29) is 23.4 Å². The van der Waals surface area contributed by atoms with Gasteiger partial charge in [-0.3, -0.25) is 19.6 Å². The fraction of sp³-hybridized carbons (Fsp3) is 0.457. The Morgan fingerprint density at radius 1 is 0.870 bits per heavy atom. The molecule has 0 unspecified atom stereocenters. The molecule has 2 saturated heterocycles. The third-order valence-electron chi connectivity index (χ3n) is 7.74. The smallest absolute Gasteiger partial charge is 0.222 e. The summed E-state index contributed by atoms with van der Waals surface area (Å²) in [7, 11) is 3.40. The fourth-order valence-corrected chi connectivity index (χ4v) is 5.12. The first-order valence-corrected chi connectivity index (χ1v) is 15.8. The zero-order chi connectivity index (χ0) is 33.5. The standard InChI is InChI=1S/C19H32N4O3.C16H14F2N2/c1-4-18(24)23-12-10-21(11-13-23)17(20-3)15-16(2)26-14-6-9-22-8-5-7-19(22)25;1-11(12-3-7-14(17)8-4-12)20-16(19-2)13-5-9-15(18)10-6-13/h15H,4-14H2,1-3H3;3-10H,1-2H3/b16-15+,20-17?;. The summed E-state index contributed by atoms with van der Waals surface area (Å²) in [4.78, 5) is 42.3. The van der Waals surface area contributed by atoms with E-state index in [0.717, 1.165) is 80.5 Å². The van der Waals surface area contributed by atoms with Gasteiger partial charge in [-0.05, 0) is 68.7 Å². The Bertz CT molecular complexity index is 1410. The summed E-state index contributed by atoms with van der Waals surface area (Å²) in [6, 6.07) is 12.1. The van der Waals surface area contributed by atoms with Crippen LogP contribution < -0.4 is 0 Å². The number of halogens is 2. The molecular weight excluding hydrogens is 590 g/mol. The van der Waals surface area contributed by atoms with Crippen LogP contribution in [0.15, 0.2) is 75.3 Å². The Balaban J connectivity index is 0.000000259. The molecule has 0 N–H and O–H groups in total. The van der Waals surface area contributed by atoms with Gasteiger partial charge in [-0.1, -0.05) is 19.1 Å². The quantitative estimate of drug-likeness (QED) is 0.161. The molecule has 0 bridgehead atoms. The first-order valence-electron chi connectivity index (χ1n) is 15.8. The van der Waals surface area contributed by atoms with Crippen molar-refractivity contribution in [1.82, 2.24) is 14.7 Å². The van der Waals surface area contributed by atoms with Gasteiger partial charge >= 0.3 is 0 Å². The van der Waals surface area contributed by atoms with Crippen LogP contribution >= 0.6 is 0 Å². The molecule has 0 aromatic heterocycles. The van der Waals surface area contributed by atoms with Crippen LogP contribution in [0.3, 0.4) is 0 Å². The molecule has 11 heteroatoms. The van der Waals surface area contributed by atoms with Crippen LogP contribution in [0.2, 0.25) is 0 Å². The molecule has 2 aliphatic heterocycles. The second kappa shape index (κ2) is 18.5. The molecule has 2 aromatic carbocycles. The lowest BCUT2D eigenvalue weighted by molar-refractivity contribution is -0.132. The zero-order valence-electron chi connectivity index (χ0n) is 27.6. The van der Waals surface area contributed by atoms with Crippen LogP contribution in [0.5, 0.6) is 0 Å². The Morgan fingerprint density at radius 3 is 1.98 bits per heavy atom. The summed E-state index contributed by atoms with van der Waals surface area (Å²) in [5.41, 5.74) is 2.26. The van der Waals surface area contributed by atoms with Gasteiger partial charge in [0.05, 0.1) is 12.4 Å². The van der Waals surface area contributed by atoms with Crippen molar-refractivity contribution in [3.8, 4) is 0 Å². The maximum absolute atomic E-state index is 12.9. The van der Waals surface area contributed by atoms with Crippen molar-refractivity contribution in [2.24, 2.45) is 15.0 Å². The lowest BCUT2D eigenvalue weighted by Gasteiger charge is -2.35. The minimum absolute atomic E-state index is 0.214. The second-order valence-electron chi connectivity index (χ2n) is 11.0. The van der Waals surface area contributed by atoms with Gasteiger partial charge in [0.2, 0.25) is 11.8 Å². The molecule has 0 saturated carbocycles. The molecule has 2 aliphatic rings. The summed E-state index contributed by atoms with van der Waals surface area (Å²) < 4.78 is 31.6. The van der Waals surface area contributed by atoms with E-state index in [1.807, 2.05) is 36.6 Å². The number of piperazine rings is 1. The van der Waals surface area contributed by atoms with Gasteiger partial charge < -0.3 is 19.4 Å². The number of ether oxygens (including phenoxy) is 1. The van der Waals surface area contributed by atoms with Crippen LogP contribution in [0.4, 0.5) is 8.78 Å². The van der Waals surface area contributed by atoms with Crippen molar-refractivity contribution in [3.63, 3.8) is 0 Å². The van der Waals surface area contributed by atoms with Gasteiger partial charge in [-0.15, -0.1) is 0 Å². The monoisotopic (exact) mass is 636 g/mol. The summed E-state index contributed by atoms with van der Waals surface area (Å²) in [6.07, 6.45) is 5.02. The number of carbonyl (C=O) groups excluding carboxylic acids is 2. The van der Waals surface area contributed by atoms with Crippen molar-refractivity contribution in [2.75, 3.05) is 60.0 Å². The molecular formula is C35H46F2N6O3. The van der Waals surface area contributed by atoms with Crippen molar-refractivity contribution >= 4 is 29.2 Å². The maximum atomic E-state index is 12.9. The largest absolute Gasteiger partial charge is 0.498 e. The third-order valence-corrected chi connectivity index (χ3v) is 7.74. The Hall–Kier alpha value is -4.41. The average Bonchev–Trinajstić information content (AvgIpc) is 3.49. The predicted octanol–water partition coefficient (Wildman–Crippen LogP) is 5.35. The highest BCUT2D eigenvalue weighted by Gasteiger charge is 2.22. The Labute approximate surface area is 271 Å². The van der Waals surface area contributed by atoms with E-state index in [0.29, 0.717) is 25.3 Å². The van der Waals surface area contributed by atoms with Gasteiger partial charge in [0.1, 0.15) is 17.5 Å². The van der Waals surface area contributed by atoms with Crippen molar-refractivity contribution in [3.05, 3.63) is 83.1 Å². The molecule has 4 rings (SSSR count). The summed E-state index contributed by atoms with van der Waals surface area (Å²) in [6.45, 7) is 11.0. The maximum Gasteiger partial charge on any atom is 0.222 e. The number of allylic oxidation sites excluding steroid dienone is 1. The highest BCUT2D eigenvalue weighted by molar-refractivity contribution is 6.11. The average molecular weight is 637 g/mol. The van der Waals surface area contributed by atoms with Crippen LogP contribution in [0.1, 0.15) is 57.6 Å². The Kier molecular flexibility index (Phi) is 14.5. The summed E-state index contributed by atoms with van der Waals surface area (Å²) in [5, 5.41) is 0. The molecule has 0 aliphatic carbocycles. The number of likely N-dealkylation sites (tertiary alicyclic amines) is 1. The third kappa shape index (κ3) is 11.2. The minimum atomic E-state index is -0.302. The van der Waals surface area contributed by atoms with Crippen molar-refractivity contribution in [2.45, 2.75) is 46.5 Å². The molecule has 2 amide bonds. The van der Waals surface area contributed by atoms with E-state index < -0.39 is 0 Å². The van der Waals surface area contributed by atoms with E-state index >= 15 is 0 Å². The molecule has 2 fully saturated rings. The zero-order valence-corrected chi connectivity index (χ0v) is 27.6. The van der Waals surface area contributed by atoms with E-state index in [9.17, 15) is 18.4 Å². The molecule has 2 aromatic rings. The molecule has 0 spiro atoms. The van der Waals surface area contributed by atoms with E-state index in [1.165, 1.54) is 24.3 Å². The van der Waals surface area contributed by atoms with E-state index in [1.54, 1.807) is 38.4 Å².